The molecule has 88 valence electrons. The molecule has 0 aromatic heterocycles. The fourth-order valence-corrected chi connectivity index (χ4v) is 2.43. The average molecular weight is 245 g/mol. The number of hydrogen-bond donors (Lipinski definition) is 2. The van der Waals surface area contributed by atoms with Crippen LogP contribution in [-0.2, 0) is 0 Å². The van der Waals surface area contributed by atoms with Crippen molar-refractivity contribution >= 4 is 11.6 Å². The molecule has 2 N–H and O–H groups in total. The van der Waals surface area contributed by atoms with Gasteiger partial charge in [0, 0.05) is 10.6 Å². The molecule has 1 aromatic carbocycles. The predicted octanol–water partition coefficient (Wildman–Crippen LogP) is 2.82. The van der Waals surface area contributed by atoms with Gasteiger partial charge in [-0.2, -0.15) is 0 Å². The largest absolute Gasteiger partial charge is 0.387 e. The lowest BCUT2D eigenvalue weighted by molar-refractivity contribution is -0.0733. The third kappa shape index (κ3) is 2.08. The van der Waals surface area contributed by atoms with Crippen LogP contribution in [0.2, 0.25) is 5.02 Å². The molecule has 1 aliphatic rings. The van der Waals surface area contributed by atoms with Crippen LogP contribution < -0.4 is 0 Å². The maximum atomic E-state index is 13.6. The number of aliphatic hydroxyl groups excluding tert-OH is 1. The van der Waals surface area contributed by atoms with Crippen LogP contribution in [0.5, 0.6) is 0 Å². The fourth-order valence-electron chi connectivity index (χ4n) is 2.27. The molecular formula is C12H14ClFO2. The van der Waals surface area contributed by atoms with Gasteiger partial charge in [-0.1, -0.05) is 30.5 Å². The molecule has 1 atom stereocenters. The Kier molecular flexibility index (Phi) is 3.19. The van der Waals surface area contributed by atoms with Crippen molar-refractivity contribution in [1.82, 2.24) is 0 Å². The van der Waals surface area contributed by atoms with Gasteiger partial charge in [0.2, 0.25) is 0 Å². The standard InChI is InChI=1S/C12H14ClFO2/c13-8-3-4-9(10(14)7-8)11(15)12(16)5-1-2-6-12/h3-4,7,11,15-16H,1-2,5-6H2. The summed E-state index contributed by atoms with van der Waals surface area (Å²) < 4.78 is 13.6. The zero-order chi connectivity index (χ0) is 11.8. The van der Waals surface area contributed by atoms with Crippen LogP contribution in [0.25, 0.3) is 0 Å². The van der Waals surface area contributed by atoms with Crippen molar-refractivity contribution in [2.24, 2.45) is 0 Å². The van der Waals surface area contributed by atoms with Crippen LogP contribution in [0.1, 0.15) is 37.4 Å². The zero-order valence-electron chi connectivity index (χ0n) is 8.79. The first kappa shape index (κ1) is 11.8. The molecular weight excluding hydrogens is 231 g/mol. The van der Waals surface area contributed by atoms with Gasteiger partial charge in [-0.25, -0.2) is 4.39 Å². The van der Waals surface area contributed by atoms with Gasteiger partial charge in [0.15, 0.2) is 0 Å². The fraction of sp³-hybridized carbons (Fsp3) is 0.500. The van der Waals surface area contributed by atoms with Gasteiger partial charge >= 0.3 is 0 Å². The second-order valence-corrected chi connectivity index (χ2v) is 4.82. The Bertz CT molecular complexity index is 389. The van der Waals surface area contributed by atoms with Crippen LogP contribution in [-0.4, -0.2) is 15.8 Å². The quantitative estimate of drug-likeness (QED) is 0.840. The summed E-state index contributed by atoms with van der Waals surface area (Å²) in [6.07, 6.45) is 1.57. The molecule has 0 aliphatic heterocycles. The maximum absolute atomic E-state index is 13.6. The molecule has 1 fully saturated rings. The summed E-state index contributed by atoms with van der Waals surface area (Å²) >= 11 is 5.63. The van der Waals surface area contributed by atoms with Gasteiger partial charge in [-0.15, -0.1) is 0 Å². The van der Waals surface area contributed by atoms with E-state index in [0.29, 0.717) is 12.8 Å². The van der Waals surface area contributed by atoms with E-state index in [9.17, 15) is 14.6 Å². The van der Waals surface area contributed by atoms with Crippen molar-refractivity contribution in [3.63, 3.8) is 0 Å². The molecule has 0 saturated heterocycles. The first-order valence-corrected chi connectivity index (χ1v) is 5.76. The first-order valence-electron chi connectivity index (χ1n) is 5.38. The summed E-state index contributed by atoms with van der Waals surface area (Å²) in [6, 6.07) is 4.10. The summed E-state index contributed by atoms with van der Waals surface area (Å²) in [7, 11) is 0. The molecule has 0 spiro atoms. The first-order chi connectivity index (χ1) is 7.53. The van der Waals surface area contributed by atoms with Crippen molar-refractivity contribution in [3.8, 4) is 0 Å². The summed E-state index contributed by atoms with van der Waals surface area (Å²) in [5, 5.41) is 20.5. The lowest BCUT2D eigenvalue weighted by Gasteiger charge is -2.29. The van der Waals surface area contributed by atoms with E-state index in [1.807, 2.05) is 0 Å². The molecule has 2 nitrogen and oxygen atoms in total. The summed E-state index contributed by atoms with van der Waals surface area (Å²) in [5.41, 5.74) is -1.07. The molecule has 0 bridgehead atoms. The molecule has 16 heavy (non-hydrogen) atoms. The Morgan fingerprint density at radius 1 is 1.31 bits per heavy atom. The maximum Gasteiger partial charge on any atom is 0.130 e. The van der Waals surface area contributed by atoms with E-state index in [0.717, 1.165) is 18.9 Å². The van der Waals surface area contributed by atoms with Crippen molar-refractivity contribution in [3.05, 3.63) is 34.6 Å². The second kappa shape index (κ2) is 4.32. The molecule has 0 radical (unpaired) electrons. The van der Waals surface area contributed by atoms with E-state index in [1.54, 1.807) is 0 Å². The Morgan fingerprint density at radius 2 is 1.94 bits per heavy atom. The minimum absolute atomic E-state index is 0.119. The third-order valence-corrected chi connectivity index (χ3v) is 3.47. The van der Waals surface area contributed by atoms with Crippen molar-refractivity contribution in [1.29, 1.82) is 0 Å². The highest BCUT2D eigenvalue weighted by molar-refractivity contribution is 6.30. The van der Waals surface area contributed by atoms with Crippen molar-refractivity contribution in [2.75, 3.05) is 0 Å². The average Bonchev–Trinajstić information content (AvgIpc) is 2.66. The van der Waals surface area contributed by atoms with Crippen LogP contribution in [0.4, 0.5) is 4.39 Å². The summed E-state index contributed by atoms with van der Waals surface area (Å²) in [5.74, 6) is -0.569. The van der Waals surface area contributed by atoms with Gasteiger partial charge in [0.25, 0.3) is 0 Å². The Morgan fingerprint density at radius 3 is 2.50 bits per heavy atom. The number of hydrogen-bond acceptors (Lipinski definition) is 2. The molecule has 1 saturated carbocycles. The highest BCUT2D eigenvalue weighted by Crippen LogP contribution is 2.40. The van der Waals surface area contributed by atoms with Crippen LogP contribution in [0.3, 0.4) is 0 Å². The van der Waals surface area contributed by atoms with Gasteiger partial charge in [0.05, 0.1) is 5.60 Å². The van der Waals surface area contributed by atoms with E-state index >= 15 is 0 Å². The van der Waals surface area contributed by atoms with E-state index in [4.69, 9.17) is 11.6 Å². The van der Waals surface area contributed by atoms with Crippen LogP contribution >= 0.6 is 11.6 Å². The Labute approximate surface area is 98.7 Å². The normalized spacial score (nSPS) is 21.0. The van der Waals surface area contributed by atoms with Gasteiger partial charge in [-0.3, -0.25) is 0 Å². The van der Waals surface area contributed by atoms with Gasteiger partial charge < -0.3 is 10.2 Å². The van der Waals surface area contributed by atoms with E-state index in [2.05, 4.69) is 0 Å². The molecule has 2 rings (SSSR count). The molecule has 0 amide bonds. The van der Waals surface area contributed by atoms with Gasteiger partial charge in [0.1, 0.15) is 11.9 Å². The predicted molar refractivity (Wildman–Crippen MR) is 59.8 cm³/mol. The van der Waals surface area contributed by atoms with Crippen LogP contribution in [0, 0.1) is 5.82 Å². The lowest BCUT2D eigenvalue weighted by atomic mass is 9.89. The number of halogens is 2. The molecule has 1 aromatic rings. The van der Waals surface area contributed by atoms with E-state index < -0.39 is 17.5 Å². The SMILES string of the molecule is OC(c1ccc(Cl)cc1F)C1(O)CCCC1. The summed E-state index contributed by atoms with van der Waals surface area (Å²) in [4.78, 5) is 0. The molecule has 4 heteroatoms. The van der Waals surface area contributed by atoms with Crippen LogP contribution in [0.15, 0.2) is 18.2 Å². The van der Waals surface area contributed by atoms with E-state index in [1.165, 1.54) is 12.1 Å². The molecule has 1 unspecified atom stereocenters. The monoisotopic (exact) mass is 244 g/mol. The smallest absolute Gasteiger partial charge is 0.130 e. The van der Waals surface area contributed by atoms with E-state index in [-0.39, 0.29) is 10.6 Å². The lowest BCUT2D eigenvalue weighted by Crippen LogP contribution is -2.33. The minimum atomic E-state index is -1.19. The van der Waals surface area contributed by atoms with Gasteiger partial charge in [-0.05, 0) is 25.0 Å². The number of aliphatic hydroxyl groups is 2. The highest BCUT2D eigenvalue weighted by Gasteiger charge is 2.40. The zero-order valence-corrected chi connectivity index (χ0v) is 9.54. The topological polar surface area (TPSA) is 40.5 Å². The Balaban J connectivity index is 2.29. The molecule has 1 aliphatic carbocycles. The highest BCUT2D eigenvalue weighted by atomic mass is 35.5. The van der Waals surface area contributed by atoms with Crippen molar-refractivity contribution < 1.29 is 14.6 Å². The summed E-state index contributed by atoms with van der Waals surface area (Å²) in [6.45, 7) is 0. The third-order valence-electron chi connectivity index (χ3n) is 3.24. The second-order valence-electron chi connectivity index (χ2n) is 4.38. The number of benzene rings is 1. The molecule has 0 heterocycles. The Hall–Kier alpha value is -0.640. The minimum Gasteiger partial charge on any atom is -0.387 e. The number of rotatable bonds is 2. The van der Waals surface area contributed by atoms with Crippen molar-refractivity contribution in [2.45, 2.75) is 37.4 Å².